The number of fused-ring (bicyclic) bond motifs is 1. The molecule has 0 amide bonds. The van der Waals surface area contributed by atoms with Crippen LogP contribution in [0.25, 0.3) is 17.3 Å². The van der Waals surface area contributed by atoms with Gasteiger partial charge in [-0.2, -0.15) is 13.4 Å². The molecule has 1 aromatic carbocycles. The van der Waals surface area contributed by atoms with E-state index in [1.54, 1.807) is 24.3 Å². The van der Waals surface area contributed by atoms with Crippen LogP contribution in [0.2, 0.25) is 0 Å². The number of hydrogen-bond donors (Lipinski definition) is 2. The zero-order valence-electron chi connectivity index (χ0n) is 24.3. The predicted octanol–water partition coefficient (Wildman–Crippen LogP) is 2.19. The number of anilines is 2. The summed E-state index contributed by atoms with van der Waals surface area (Å²) >= 11 is 0. The lowest BCUT2D eigenvalue weighted by Crippen LogP contribution is -2.42. The van der Waals surface area contributed by atoms with Gasteiger partial charge in [0.2, 0.25) is 16.0 Å². The molecule has 3 aromatic heterocycles. The maximum absolute atomic E-state index is 13.9. The number of halogens is 2. The van der Waals surface area contributed by atoms with Crippen LogP contribution in [0, 0.1) is 0 Å². The summed E-state index contributed by atoms with van der Waals surface area (Å²) in [7, 11) is -7.25. The van der Waals surface area contributed by atoms with Crippen LogP contribution in [0.3, 0.4) is 0 Å². The summed E-state index contributed by atoms with van der Waals surface area (Å²) in [5.74, 6) is 0.476. The van der Waals surface area contributed by atoms with Crippen molar-refractivity contribution in [2.24, 2.45) is 0 Å². The predicted molar refractivity (Wildman–Crippen MR) is 164 cm³/mol. The molecule has 1 unspecified atom stereocenters. The molecule has 0 saturated carbocycles. The first-order valence-electron chi connectivity index (χ1n) is 14.1. The number of rotatable bonds is 9. The molecule has 0 spiro atoms. The minimum absolute atomic E-state index is 0.00978. The molecule has 1 fully saturated rings. The minimum Gasteiger partial charge on any atom is -0.369 e. The van der Waals surface area contributed by atoms with Gasteiger partial charge >= 0.3 is 0 Å². The molecule has 6 rings (SSSR count). The smallest absolute Gasteiger partial charge is 0.284 e. The van der Waals surface area contributed by atoms with Crippen molar-refractivity contribution in [2.45, 2.75) is 43.0 Å². The van der Waals surface area contributed by atoms with Crippen molar-refractivity contribution in [2.75, 3.05) is 29.6 Å². The Morgan fingerprint density at radius 3 is 2.46 bits per heavy atom. The number of aliphatic hydroxyl groups excluding tert-OH is 1. The third-order valence-electron chi connectivity index (χ3n) is 7.77. The molecule has 2 N–H and O–H groups in total. The van der Waals surface area contributed by atoms with E-state index in [4.69, 9.17) is 0 Å². The summed E-state index contributed by atoms with van der Waals surface area (Å²) in [5, 5.41) is 17.9. The fourth-order valence-corrected chi connectivity index (χ4v) is 7.25. The highest BCUT2D eigenvalue weighted by Crippen LogP contribution is 2.35. The summed E-state index contributed by atoms with van der Waals surface area (Å²) in [6, 6.07) is 9.52. The van der Waals surface area contributed by atoms with Crippen LogP contribution in [-0.2, 0) is 26.6 Å². The fraction of sp³-hybridized carbons (Fsp3) is 0.321. The van der Waals surface area contributed by atoms with Crippen molar-refractivity contribution < 1.29 is 30.7 Å². The summed E-state index contributed by atoms with van der Waals surface area (Å²) in [5.41, 5.74) is 1.45. The minimum atomic E-state index is -3.96. The number of piperidine rings is 1. The van der Waals surface area contributed by atoms with Crippen LogP contribution >= 0.6 is 0 Å². The van der Waals surface area contributed by atoms with E-state index in [0.29, 0.717) is 48.3 Å². The van der Waals surface area contributed by atoms with Gasteiger partial charge in [-0.3, -0.25) is 4.98 Å². The number of aromatic nitrogens is 6. The highest BCUT2D eigenvalue weighted by Gasteiger charge is 2.34. The van der Waals surface area contributed by atoms with Crippen molar-refractivity contribution >= 4 is 37.9 Å². The summed E-state index contributed by atoms with van der Waals surface area (Å²) in [6.07, 6.45) is 3.82. The van der Waals surface area contributed by atoms with Crippen LogP contribution in [0.4, 0.5) is 20.5 Å². The van der Waals surface area contributed by atoms with Gasteiger partial charge in [-0.1, -0.05) is 24.3 Å². The summed E-state index contributed by atoms with van der Waals surface area (Å²) < 4.78 is 79.4. The molecule has 18 heteroatoms. The van der Waals surface area contributed by atoms with E-state index in [0.717, 1.165) is 16.7 Å². The second-order valence-electron chi connectivity index (χ2n) is 10.8. The highest BCUT2D eigenvalue weighted by atomic mass is 32.2. The molecule has 46 heavy (non-hydrogen) atoms. The Kier molecular flexibility index (Phi) is 8.53. The summed E-state index contributed by atoms with van der Waals surface area (Å²) in [6.45, 7) is 0.705. The Morgan fingerprint density at radius 2 is 1.80 bits per heavy atom. The first-order chi connectivity index (χ1) is 21.9. The number of nitrogens with zero attached hydrogens (tertiary/aromatic N) is 8. The standard InChI is InChI=1S/C28H29F2N9O5S2/c1-45(41,42)37-10-7-21(8-11-37)35-28-33-14-20-12-23(25(29)30)27(40)38(26(20)36-28)15-18-2-4-19(5-3-18)24-13-22(6-9-32-24)46(43,44)39-17-31-16-34-39/h2-6,9,12-14,16-17,21,25,27,40H,7-8,10-11,15H2,1H3,(H,33,35,36). The van der Waals surface area contributed by atoms with Crippen molar-refractivity contribution in [3.8, 4) is 11.3 Å². The first kappa shape index (κ1) is 31.6. The van der Waals surface area contributed by atoms with Gasteiger partial charge in [-0.05, 0) is 36.6 Å². The average molecular weight is 674 g/mol. The lowest BCUT2D eigenvalue weighted by Gasteiger charge is -2.35. The van der Waals surface area contributed by atoms with E-state index in [-0.39, 0.29) is 29.2 Å². The molecule has 242 valence electrons. The number of nitrogens with one attached hydrogen (secondary N) is 1. The zero-order valence-corrected chi connectivity index (χ0v) is 26.0. The number of hydrogen-bond acceptors (Lipinski definition) is 12. The van der Waals surface area contributed by atoms with Crippen LogP contribution in [-0.4, -0.2) is 93.4 Å². The van der Waals surface area contributed by atoms with E-state index in [9.17, 15) is 30.7 Å². The number of alkyl halides is 2. The van der Waals surface area contributed by atoms with Gasteiger partial charge in [-0.25, -0.2) is 31.5 Å². The molecular formula is C28H29F2N9O5S2. The van der Waals surface area contributed by atoms with Crippen LogP contribution in [0.1, 0.15) is 24.0 Å². The Hall–Kier alpha value is -4.39. The molecule has 2 aliphatic heterocycles. The van der Waals surface area contributed by atoms with E-state index in [2.05, 4.69) is 30.4 Å². The Labute approximate surface area is 263 Å². The van der Waals surface area contributed by atoms with Gasteiger partial charge in [0.25, 0.3) is 16.4 Å². The third-order valence-corrected chi connectivity index (χ3v) is 10.6. The Balaban J connectivity index is 1.23. The quantitative estimate of drug-likeness (QED) is 0.265. The van der Waals surface area contributed by atoms with Crippen LogP contribution in [0.15, 0.2) is 71.9 Å². The number of aliphatic hydroxyl groups is 1. The average Bonchev–Trinajstić information content (AvgIpc) is 3.59. The van der Waals surface area contributed by atoms with Gasteiger partial charge in [0.15, 0.2) is 6.23 Å². The van der Waals surface area contributed by atoms with Gasteiger partial charge in [0.1, 0.15) is 18.5 Å². The van der Waals surface area contributed by atoms with Crippen molar-refractivity contribution in [1.82, 2.24) is 33.4 Å². The molecule has 1 saturated heterocycles. The molecule has 5 heterocycles. The van der Waals surface area contributed by atoms with Gasteiger partial charge in [0.05, 0.1) is 16.8 Å². The number of benzene rings is 1. The maximum Gasteiger partial charge on any atom is 0.284 e. The van der Waals surface area contributed by atoms with E-state index in [1.165, 1.54) is 46.1 Å². The van der Waals surface area contributed by atoms with Gasteiger partial charge < -0.3 is 15.3 Å². The largest absolute Gasteiger partial charge is 0.369 e. The van der Waals surface area contributed by atoms with Crippen LogP contribution in [0.5, 0.6) is 0 Å². The van der Waals surface area contributed by atoms with Crippen LogP contribution < -0.4 is 10.2 Å². The second kappa shape index (κ2) is 12.4. The first-order valence-corrected chi connectivity index (χ1v) is 17.4. The molecule has 0 radical (unpaired) electrons. The SMILES string of the molecule is CS(=O)(=O)N1CCC(Nc2ncc3c(n2)N(Cc2ccc(-c4cc(S(=O)(=O)n5cncn5)ccn4)cc2)C(O)C(C(F)F)=C3)CC1. The lowest BCUT2D eigenvalue weighted by atomic mass is 10.0. The topological polar surface area (TPSA) is 176 Å². The van der Waals surface area contributed by atoms with Crippen molar-refractivity contribution in [3.63, 3.8) is 0 Å². The molecule has 0 aliphatic carbocycles. The van der Waals surface area contributed by atoms with Gasteiger partial charge in [-0.15, -0.1) is 9.19 Å². The Morgan fingerprint density at radius 1 is 1.07 bits per heavy atom. The lowest BCUT2D eigenvalue weighted by molar-refractivity contribution is 0.123. The summed E-state index contributed by atoms with van der Waals surface area (Å²) in [4.78, 5) is 18.1. The molecule has 2 aliphatic rings. The molecule has 14 nitrogen and oxygen atoms in total. The molecule has 0 bridgehead atoms. The van der Waals surface area contributed by atoms with E-state index < -0.39 is 38.3 Å². The van der Waals surface area contributed by atoms with Gasteiger partial charge in [0, 0.05) is 54.8 Å². The molecule has 1 atom stereocenters. The number of pyridine rings is 1. The zero-order chi connectivity index (χ0) is 32.6. The third kappa shape index (κ3) is 6.46. The highest BCUT2D eigenvalue weighted by molar-refractivity contribution is 7.89. The fourth-order valence-electron chi connectivity index (χ4n) is 5.32. The molecule has 4 aromatic rings. The van der Waals surface area contributed by atoms with E-state index >= 15 is 0 Å². The van der Waals surface area contributed by atoms with Crippen molar-refractivity contribution in [1.29, 1.82) is 0 Å². The normalized spacial score (nSPS) is 18.0. The monoisotopic (exact) mass is 673 g/mol. The number of sulfonamides is 1. The van der Waals surface area contributed by atoms with E-state index in [1.807, 2.05) is 0 Å². The molecular weight excluding hydrogens is 644 g/mol. The van der Waals surface area contributed by atoms with Crippen molar-refractivity contribution in [3.05, 3.63) is 78.1 Å². The second-order valence-corrected chi connectivity index (χ2v) is 14.6. The maximum atomic E-state index is 13.9. The Bertz CT molecular complexity index is 1970.